The highest BCUT2D eigenvalue weighted by Gasteiger charge is 2.37. The molecule has 0 bridgehead atoms. The minimum absolute atomic E-state index is 0.128. The topological polar surface area (TPSA) is 97.6 Å². The lowest BCUT2D eigenvalue weighted by molar-refractivity contribution is -0.138. The number of nitrogens with zero attached hydrogens (tertiary/aromatic N) is 2. The number of hydrogen-bond donors (Lipinski definition) is 0. The fraction of sp³-hybridized carbons (Fsp3) is 0.184. The summed E-state index contributed by atoms with van der Waals surface area (Å²) in [6.07, 6.45) is 1.71. The van der Waals surface area contributed by atoms with E-state index in [0.717, 1.165) is 5.56 Å². The summed E-state index contributed by atoms with van der Waals surface area (Å²) in [5.74, 6) is 1.13. The van der Waals surface area contributed by atoms with Gasteiger partial charge in [-0.1, -0.05) is 77.0 Å². The molecule has 0 N–H and O–H groups in total. The molecule has 1 atom stereocenters. The molecule has 4 aromatic carbocycles. The summed E-state index contributed by atoms with van der Waals surface area (Å²) in [6.45, 7) is 2.10. The molecule has 2 heterocycles. The first-order valence-electron chi connectivity index (χ1n) is 15.5. The Morgan fingerprint density at radius 1 is 0.920 bits per heavy atom. The van der Waals surface area contributed by atoms with Crippen LogP contribution in [0.3, 0.4) is 0 Å². The summed E-state index contributed by atoms with van der Waals surface area (Å²) in [6, 6.07) is 24.4. The predicted octanol–water partition coefficient (Wildman–Crippen LogP) is 6.85. The molecule has 0 aliphatic carbocycles. The Balaban J connectivity index is 1.52. The van der Waals surface area contributed by atoms with E-state index in [0.29, 0.717) is 64.8 Å². The fourth-order valence-electron chi connectivity index (χ4n) is 5.63. The summed E-state index contributed by atoms with van der Waals surface area (Å²) in [4.78, 5) is 33.6. The van der Waals surface area contributed by atoms with Gasteiger partial charge in [0, 0.05) is 22.2 Å². The lowest BCUT2D eigenvalue weighted by atomic mass is 9.92. The lowest BCUT2D eigenvalue weighted by Gasteiger charge is -2.27. The molecular weight excluding hydrogens is 699 g/mol. The van der Waals surface area contributed by atoms with Crippen LogP contribution in [0.4, 0.5) is 0 Å². The minimum atomic E-state index is -0.940. The zero-order valence-corrected chi connectivity index (χ0v) is 29.9. The van der Waals surface area contributed by atoms with Crippen LogP contribution < -0.4 is 33.8 Å². The van der Waals surface area contributed by atoms with E-state index in [1.165, 1.54) is 30.1 Å². The van der Waals surface area contributed by atoms with E-state index in [1.54, 1.807) is 62.6 Å². The van der Waals surface area contributed by atoms with Crippen LogP contribution in [0.25, 0.3) is 11.8 Å². The number of aromatic nitrogens is 1. The number of carbonyl (C=O) groups excluding carboxylic acids is 1. The number of halogens is 2. The highest BCUT2D eigenvalue weighted by molar-refractivity contribution is 7.07. The maximum absolute atomic E-state index is 14.4. The molecule has 0 saturated heterocycles. The maximum Gasteiger partial charge on any atom is 0.338 e. The zero-order valence-electron chi connectivity index (χ0n) is 27.6. The summed E-state index contributed by atoms with van der Waals surface area (Å²) in [5.41, 5.74) is 2.97. The van der Waals surface area contributed by atoms with Crippen molar-refractivity contribution in [1.29, 1.82) is 0 Å². The molecule has 12 heteroatoms. The summed E-state index contributed by atoms with van der Waals surface area (Å²) < 4.78 is 30.3. The SMILES string of the molecule is CCOC(=O)C1=C(c2ccccc2)N=c2s/c(=C\c3cc(Cl)c(OCc4ccc(Cl)cc4)c(OC)c3)c(=O)n2[C@@H]1c1ccc(OC)cc1OC. The molecule has 1 aliphatic heterocycles. The van der Waals surface area contributed by atoms with Crippen LogP contribution in [0, 0.1) is 0 Å². The van der Waals surface area contributed by atoms with Crippen molar-refractivity contribution in [3.63, 3.8) is 0 Å². The van der Waals surface area contributed by atoms with Crippen molar-refractivity contribution in [2.45, 2.75) is 19.6 Å². The van der Waals surface area contributed by atoms with E-state index in [-0.39, 0.29) is 24.3 Å². The minimum Gasteiger partial charge on any atom is -0.497 e. The third-order valence-electron chi connectivity index (χ3n) is 7.95. The van der Waals surface area contributed by atoms with Gasteiger partial charge in [0.15, 0.2) is 16.3 Å². The molecule has 9 nitrogen and oxygen atoms in total. The first kappa shape index (κ1) is 34.8. The first-order chi connectivity index (χ1) is 24.3. The summed E-state index contributed by atoms with van der Waals surface area (Å²) in [7, 11) is 4.59. The molecule has 0 fully saturated rings. The number of thiazole rings is 1. The molecule has 256 valence electrons. The number of esters is 1. The van der Waals surface area contributed by atoms with E-state index in [4.69, 9.17) is 51.9 Å². The Labute approximate surface area is 302 Å². The summed E-state index contributed by atoms with van der Waals surface area (Å²) in [5, 5.41) is 0.927. The smallest absolute Gasteiger partial charge is 0.338 e. The third kappa shape index (κ3) is 7.00. The van der Waals surface area contributed by atoms with Crippen LogP contribution in [0.5, 0.6) is 23.0 Å². The van der Waals surface area contributed by atoms with E-state index in [1.807, 2.05) is 42.5 Å². The second-order valence-electron chi connectivity index (χ2n) is 11.0. The highest BCUT2D eigenvalue weighted by atomic mass is 35.5. The van der Waals surface area contributed by atoms with Crippen LogP contribution in [0.2, 0.25) is 10.0 Å². The van der Waals surface area contributed by atoms with Gasteiger partial charge in [0.2, 0.25) is 0 Å². The maximum atomic E-state index is 14.4. The monoisotopic (exact) mass is 730 g/mol. The van der Waals surface area contributed by atoms with Gasteiger partial charge >= 0.3 is 5.97 Å². The number of ether oxygens (including phenoxy) is 5. The highest BCUT2D eigenvalue weighted by Crippen LogP contribution is 2.40. The Kier molecular flexibility index (Phi) is 10.6. The Hall–Kier alpha value is -5.03. The van der Waals surface area contributed by atoms with Crippen molar-refractivity contribution in [3.05, 3.63) is 142 Å². The molecule has 1 aromatic heterocycles. The number of rotatable bonds is 11. The van der Waals surface area contributed by atoms with Crippen molar-refractivity contribution in [1.82, 2.24) is 4.57 Å². The molecule has 0 saturated carbocycles. The van der Waals surface area contributed by atoms with Gasteiger partial charge < -0.3 is 23.7 Å². The Bertz CT molecular complexity index is 2270. The van der Waals surface area contributed by atoms with Crippen molar-refractivity contribution in [2.24, 2.45) is 4.99 Å². The fourth-order valence-corrected chi connectivity index (χ4v) is 7.03. The molecule has 0 amide bonds. The van der Waals surface area contributed by atoms with E-state index in [9.17, 15) is 9.59 Å². The second kappa shape index (κ2) is 15.2. The van der Waals surface area contributed by atoms with E-state index >= 15 is 0 Å². The Morgan fingerprint density at radius 2 is 1.66 bits per heavy atom. The molecule has 1 aliphatic rings. The van der Waals surface area contributed by atoms with Crippen LogP contribution in [-0.2, 0) is 16.1 Å². The average Bonchev–Trinajstić information content (AvgIpc) is 3.44. The molecule has 50 heavy (non-hydrogen) atoms. The van der Waals surface area contributed by atoms with Crippen LogP contribution in [-0.4, -0.2) is 38.5 Å². The number of hydrogen-bond acceptors (Lipinski definition) is 9. The largest absolute Gasteiger partial charge is 0.497 e. The predicted molar refractivity (Wildman–Crippen MR) is 194 cm³/mol. The van der Waals surface area contributed by atoms with Crippen LogP contribution in [0.15, 0.2) is 100 Å². The van der Waals surface area contributed by atoms with Gasteiger partial charge in [-0.05, 0) is 60.5 Å². The molecular formula is C38H32Cl2N2O7S. The second-order valence-corrected chi connectivity index (χ2v) is 12.8. The first-order valence-corrected chi connectivity index (χ1v) is 17.1. The molecule has 6 rings (SSSR count). The third-order valence-corrected chi connectivity index (χ3v) is 9.47. The Morgan fingerprint density at radius 3 is 2.34 bits per heavy atom. The quantitative estimate of drug-likeness (QED) is 0.137. The van der Waals surface area contributed by atoms with Gasteiger partial charge in [0.25, 0.3) is 5.56 Å². The van der Waals surface area contributed by atoms with Gasteiger partial charge in [0.1, 0.15) is 24.1 Å². The number of fused-ring (bicyclic) bond motifs is 1. The molecule has 0 radical (unpaired) electrons. The average molecular weight is 732 g/mol. The number of methoxy groups -OCH3 is 3. The number of carbonyl (C=O) groups is 1. The van der Waals surface area contributed by atoms with Crippen molar-refractivity contribution < 1.29 is 28.5 Å². The molecule has 0 spiro atoms. The van der Waals surface area contributed by atoms with E-state index < -0.39 is 12.0 Å². The van der Waals surface area contributed by atoms with Crippen molar-refractivity contribution in [3.8, 4) is 23.0 Å². The molecule has 5 aromatic rings. The van der Waals surface area contributed by atoms with Gasteiger partial charge in [-0.2, -0.15) is 0 Å². The standard InChI is InChI=1S/C38H32Cl2N2O7S/c1-5-48-37(44)32-33(24-9-7-6-8-10-24)41-38-42(34(32)27-16-15-26(45-2)20-29(27)46-3)36(43)31(50-38)19-23-17-28(40)35(30(18-23)47-4)49-21-22-11-13-25(39)14-12-22/h6-20,34H,5,21H2,1-4H3/b31-19-/t34-/m1/s1. The number of benzene rings is 4. The van der Waals surface area contributed by atoms with Crippen molar-refractivity contribution >= 4 is 52.3 Å². The molecule has 0 unspecified atom stereocenters. The van der Waals surface area contributed by atoms with Gasteiger partial charge in [-0.25, -0.2) is 9.79 Å². The van der Waals surface area contributed by atoms with Crippen LogP contribution >= 0.6 is 34.5 Å². The van der Waals surface area contributed by atoms with Gasteiger partial charge in [-0.15, -0.1) is 0 Å². The lowest BCUT2D eigenvalue weighted by Crippen LogP contribution is -2.40. The zero-order chi connectivity index (χ0) is 35.4. The van der Waals surface area contributed by atoms with Gasteiger partial charge in [-0.3, -0.25) is 9.36 Å². The van der Waals surface area contributed by atoms with Gasteiger partial charge in [0.05, 0.1) is 48.8 Å². The van der Waals surface area contributed by atoms with Crippen molar-refractivity contribution in [2.75, 3.05) is 27.9 Å². The van der Waals surface area contributed by atoms with E-state index in [2.05, 4.69) is 0 Å². The summed E-state index contributed by atoms with van der Waals surface area (Å²) >= 11 is 13.9. The van der Waals surface area contributed by atoms with Crippen LogP contribution in [0.1, 0.15) is 35.2 Å². The normalized spacial score (nSPS) is 14.1.